The minimum absolute atomic E-state index is 0. The summed E-state index contributed by atoms with van der Waals surface area (Å²) in [4.78, 5) is 0. The third-order valence-corrected chi connectivity index (χ3v) is 2.71. The maximum atomic E-state index is 13.2. The third kappa shape index (κ3) is 2.26. The van der Waals surface area contributed by atoms with Crippen LogP contribution in [0.5, 0.6) is 5.75 Å². The molecule has 0 unspecified atom stereocenters. The monoisotopic (exact) mass is 242 g/mol. The van der Waals surface area contributed by atoms with Crippen LogP contribution >= 0.6 is 12.4 Å². The first-order chi connectivity index (χ1) is 7.13. The molecule has 0 heterocycles. The molecule has 1 aliphatic carbocycles. The van der Waals surface area contributed by atoms with E-state index >= 15 is 0 Å². The highest BCUT2D eigenvalue weighted by Crippen LogP contribution is 2.42. The number of hydrogen-bond acceptors (Lipinski definition) is 3. The molecule has 2 rings (SSSR count). The van der Waals surface area contributed by atoms with Crippen molar-refractivity contribution in [1.29, 1.82) is 5.26 Å². The van der Waals surface area contributed by atoms with Gasteiger partial charge in [0.1, 0.15) is 0 Å². The van der Waals surface area contributed by atoms with Gasteiger partial charge in [0.15, 0.2) is 11.6 Å². The average Bonchev–Trinajstić information content (AvgIpc) is 3.04. The van der Waals surface area contributed by atoms with Crippen molar-refractivity contribution in [3.05, 3.63) is 29.1 Å². The lowest BCUT2D eigenvalue weighted by atomic mass is 10.00. The van der Waals surface area contributed by atoms with Gasteiger partial charge in [0.05, 0.1) is 11.6 Å². The lowest BCUT2D eigenvalue weighted by Gasteiger charge is -2.13. The second-order valence-corrected chi connectivity index (χ2v) is 3.87. The normalized spacial score (nSPS) is 16.1. The van der Waals surface area contributed by atoms with Gasteiger partial charge in [-0.2, -0.15) is 5.26 Å². The first-order valence-corrected chi connectivity index (χ1v) is 4.81. The molecule has 1 aromatic rings. The van der Waals surface area contributed by atoms with Crippen LogP contribution in [0.4, 0.5) is 4.39 Å². The molecule has 0 spiro atoms. The average molecular weight is 243 g/mol. The molecule has 0 aliphatic heterocycles. The topological polar surface area (TPSA) is 70.0 Å². The van der Waals surface area contributed by atoms with Crippen molar-refractivity contribution in [2.24, 2.45) is 11.7 Å². The molecule has 0 aromatic heterocycles. The highest BCUT2D eigenvalue weighted by Gasteiger charge is 2.31. The maximum Gasteiger partial charge on any atom is 0.166 e. The van der Waals surface area contributed by atoms with E-state index in [1.54, 1.807) is 0 Å². The molecule has 5 heteroatoms. The zero-order valence-electron chi connectivity index (χ0n) is 8.48. The van der Waals surface area contributed by atoms with Gasteiger partial charge < -0.3 is 10.8 Å². The molecule has 0 bridgehead atoms. The summed E-state index contributed by atoms with van der Waals surface area (Å²) in [5.74, 6) is -0.891. The Morgan fingerprint density at radius 3 is 2.62 bits per heavy atom. The molecular formula is C11H12ClFN2O. The number of aromatic hydroxyl groups is 1. The van der Waals surface area contributed by atoms with Crippen LogP contribution in [-0.4, -0.2) is 5.11 Å². The van der Waals surface area contributed by atoms with Crippen molar-refractivity contribution in [2.45, 2.75) is 18.9 Å². The number of hydrogen-bond donors (Lipinski definition) is 2. The van der Waals surface area contributed by atoms with E-state index in [-0.39, 0.29) is 24.0 Å². The zero-order chi connectivity index (χ0) is 11.0. The van der Waals surface area contributed by atoms with Gasteiger partial charge in [0, 0.05) is 11.6 Å². The largest absolute Gasteiger partial charge is 0.505 e. The molecule has 1 aromatic carbocycles. The first-order valence-electron chi connectivity index (χ1n) is 4.81. The van der Waals surface area contributed by atoms with Gasteiger partial charge in [-0.15, -0.1) is 12.4 Å². The van der Waals surface area contributed by atoms with Crippen LogP contribution < -0.4 is 5.73 Å². The van der Waals surface area contributed by atoms with Gasteiger partial charge in [-0.05, 0) is 30.9 Å². The summed E-state index contributed by atoms with van der Waals surface area (Å²) >= 11 is 0. The number of nitriles is 1. The molecule has 0 radical (unpaired) electrons. The van der Waals surface area contributed by atoms with Gasteiger partial charge in [-0.1, -0.05) is 0 Å². The van der Waals surface area contributed by atoms with Crippen LogP contribution in [0.15, 0.2) is 12.1 Å². The SMILES string of the molecule is Cl.N#Cc1cc(F)c(O)c([C@H](N)C2CC2)c1. The lowest BCUT2D eigenvalue weighted by Crippen LogP contribution is -2.13. The standard InChI is InChI=1S/C11H11FN2O.ClH/c12-9-4-6(5-13)3-8(11(9)15)10(14)7-1-2-7;/h3-4,7,10,15H,1-2,14H2;1H/t10-;/m1./s1. The molecule has 1 fully saturated rings. The van der Waals surface area contributed by atoms with Gasteiger partial charge >= 0.3 is 0 Å². The van der Waals surface area contributed by atoms with E-state index < -0.39 is 11.6 Å². The van der Waals surface area contributed by atoms with Crippen molar-refractivity contribution in [3.8, 4) is 11.8 Å². The quantitative estimate of drug-likeness (QED) is 0.836. The third-order valence-electron chi connectivity index (χ3n) is 2.71. The fourth-order valence-corrected chi connectivity index (χ4v) is 1.65. The second kappa shape index (κ2) is 4.69. The smallest absolute Gasteiger partial charge is 0.166 e. The van der Waals surface area contributed by atoms with E-state index in [1.165, 1.54) is 6.07 Å². The van der Waals surface area contributed by atoms with Gasteiger partial charge in [-0.3, -0.25) is 0 Å². The van der Waals surface area contributed by atoms with Crippen molar-refractivity contribution in [3.63, 3.8) is 0 Å². The van der Waals surface area contributed by atoms with E-state index in [1.807, 2.05) is 6.07 Å². The van der Waals surface area contributed by atoms with Gasteiger partial charge in [0.2, 0.25) is 0 Å². The Bertz CT molecular complexity index is 440. The molecule has 1 atom stereocenters. The summed E-state index contributed by atoms with van der Waals surface area (Å²) in [5, 5.41) is 18.2. The van der Waals surface area contributed by atoms with E-state index in [2.05, 4.69) is 0 Å². The summed E-state index contributed by atoms with van der Waals surface area (Å²) in [7, 11) is 0. The minimum atomic E-state index is -0.778. The fourth-order valence-electron chi connectivity index (χ4n) is 1.65. The van der Waals surface area contributed by atoms with Crippen molar-refractivity contribution < 1.29 is 9.50 Å². The van der Waals surface area contributed by atoms with Gasteiger partial charge in [0.25, 0.3) is 0 Å². The lowest BCUT2D eigenvalue weighted by molar-refractivity contribution is 0.416. The van der Waals surface area contributed by atoms with Crippen LogP contribution in [-0.2, 0) is 0 Å². The Morgan fingerprint density at radius 2 is 2.12 bits per heavy atom. The zero-order valence-corrected chi connectivity index (χ0v) is 9.30. The van der Waals surface area contributed by atoms with E-state index in [9.17, 15) is 9.50 Å². The fraction of sp³-hybridized carbons (Fsp3) is 0.364. The van der Waals surface area contributed by atoms with E-state index in [0.29, 0.717) is 11.5 Å². The van der Waals surface area contributed by atoms with Crippen LogP contribution in [0.1, 0.15) is 30.0 Å². The molecule has 86 valence electrons. The number of benzene rings is 1. The first kappa shape index (κ1) is 12.8. The molecular weight excluding hydrogens is 231 g/mol. The summed E-state index contributed by atoms with van der Waals surface area (Å²) < 4.78 is 13.2. The molecule has 3 N–H and O–H groups in total. The number of phenols is 1. The highest BCUT2D eigenvalue weighted by atomic mass is 35.5. The summed E-state index contributed by atoms with van der Waals surface area (Å²) in [5.41, 5.74) is 6.39. The number of phenolic OH excluding ortho intramolecular Hbond substituents is 1. The molecule has 1 saturated carbocycles. The number of halogens is 2. The summed E-state index contributed by atoms with van der Waals surface area (Å²) in [6.45, 7) is 0. The summed E-state index contributed by atoms with van der Waals surface area (Å²) in [6.07, 6.45) is 2.00. The van der Waals surface area contributed by atoms with E-state index in [0.717, 1.165) is 18.9 Å². The molecule has 16 heavy (non-hydrogen) atoms. The molecule has 0 amide bonds. The Balaban J connectivity index is 0.00000128. The number of nitrogens with two attached hydrogens (primary N) is 1. The van der Waals surface area contributed by atoms with E-state index in [4.69, 9.17) is 11.0 Å². The Labute approximate surface area is 99.1 Å². The van der Waals surface area contributed by atoms with Crippen LogP contribution in [0.25, 0.3) is 0 Å². The van der Waals surface area contributed by atoms with Crippen LogP contribution in [0.2, 0.25) is 0 Å². The maximum absolute atomic E-state index is 13.2. The van der Waals surface area contributed by atoms with Crippen molar-refractivity contribution in [2.75, 3.05) is 0 Å². The second-order valence-electron chi connectivity index (χ2n) is 3.87. The summed E-state index contributed by atoms with van der Waals surface area (Å²) in [6, 6.07) is 3.95. The Hall–Kier alpha value is -1.31. The van der Waals surface area contributed by atoms with Crippen molar-refractivity contribution in [1.82, 2.24) is 0 Å². The Kier molecular flexibility index (Phi) is 3.74. The number of rotatable bonds is 2. The van der Waals surface area contributed by atoms with Crippen LogP contribution in [0, 0.1) is 23.1 Å². The predicted octanol–water partition coefficient (Wildman–Crippen LogP) is 2.23. The van der Waals surface area contributed by atoms with Crippen LogP contribution in [0.3, 0.4) is 0 Å². The molecule has 0 saturated heterocycles. The predicted molar refractivity (Wildman–Crippen MR) is 59.7 cm³/mol. The number of nitrogens with zero attached hydrogens (tertiary/aromatic N) is 1. The van der Waals surface area contributed by atoms with Crippen molar-refractivity contribution >= 4 is 12.4 Å². The Morgan fingerprint density at radius 1 is 1.50 bits per heavy atom. The molecule has 3 nitrogen and oxygen atoms in total. The molecule has 1 aliphatic rings. The van der Waals surface area contributed by atoms with Gasteiger partial charge in [-0.25, -0.2) is 4.39 Å². The highest BCUT2D eigenvalue weighted by molar-refractivity contribution is 5.85. The minimum Gasteiger partial charge on any atom is -0.505 e.